The number of Topliss-reactive ketones (excluding diaryl/α,β-unsaturated/α-hetero) is 1. The summed E-state index contributed by atoms with van der Waals surface area (Å²) in [7, 11) is 1.30. The zero-order valence-electron chi connectivity index (χ0n) is 16.6. The van der Waals surface area contributed by atoms with Crippen LogP contribution in [0.1, 0.15) is 30.7 Å². The van der Waals surface area contributed by atoms with Crippen molar-refractivity contribution in [3.63, 3.8) is 0 Å². The molecule has 0 amide bonds. The maximum absolute atomic E-state index is 12.2. The summed E-state index contributed by atoms with van der Waals surface area (Å²) in [4.78, 5) is 34.1. The molecular formula is C18H18K2N2O7. The number of carbonyl (C=O) groups excluding carboxylic acids is 3. The Morgan fingerprint density at radius 2 is 1.83 bits per heavy atom. The number of carboxylic acids is 2. The molecule has 0 saturated carbocycles. The van der Waals surface area contributed by atoms with Crippen LogP contribution in [0.25, 0.3) is 0 Å². The monoisotopic (exact) mass is 452 g/mol. The van der Waals surface area contributed by atoms with Crippen LogP contribution in [0.4, 0.5) is 0 Å². The number of hydrogen-bond donors (Lipinski definition) is 1. The van der Waals surface area contributed by atoms with Gasteiger partial charge in [-0.15, -0.1) is 5.11 Å². The Morgan fingerprint density at radius 3 is 2.34 bits per heavy atom. The Balaban J connectivity index is 0.00000392. The molecule has 0 heterocycles. The molecule has 1 aliphatic rings. The van der Waals surface area contributed by atoms with Crippen molar-refractivity contribution >= 4 is 17.7 Å². The topological polar surface area (TPSA) is 152 Å². The second-order valence-electron chi connectivity index (χ2n) is 5.96. The number of aliphatic carboxylic acids is 2. The smallest absolute Gasteiger partial charge is 0.550 e. The Bertz CT molecular complexity index is 794. The summed E-state index contributed by atoms with van der Waals surface area (Å²) in [5.41, 5.74) is 0.148. The number of ether oxygens (including phenoxy) is 1. The Morgan fingerprint density at radius 1 is 1.21 bits per heavy atom. The van der Waals surface area contributed by atoms with Crippen molar-refractivity contribution in [3.05, 3.63) is 41.3 Å². The number of allylic oxidation sites excluding steroid dienone is 1. The first kappa shape index (κ1) is 29.0. The van der Waals surface area contributed by atoms with Crippen LogP contribution in [-0.4, -0.2) is 36.5 Å². The van der Waals surface area contributed by atoms with E-state index in [0.29, 0.717) is 17.7 Å². The number of carboxylic acid groups (broad SMARTS) is 2. The molecule has 0 aliphatic heterocycles. The summed E-state index contributed by atoms with van der Waals surface area (Å²) < 4.78 is 5.39. The number of carbonyl (C=O) groups is 3. The Hall–Kier alpha value is 0.0427. The van der Waals surface area contributed by atoms with E-state index < -0.39 is 35.3 Å². The maximum atomic E-state index is 12.2. The molecule has 0 aromatic heterocycles. The molecule has 1 aromatic rings. The van der Waals surface area contributed by atoms with Gasteiger partial charge in [-0.05, 0) is 30.5 Å². The second kappa shape index (κ2) is 14.2. The summed E-state index contributed by atoms with van der Waals surface area (Å²) in [6, 6.07) is 6.32. The van der Waals surface area contributed by atoms with Gasteiger partial charge < -0.3 is 29.6 Å². The number of aliphatic hydroxyl groups is 1. The van der Waals surface area contributed by atoms with Gasteiger partial charge in [0, 0.05) is 25.4 Å². The number of nitrogens with zero attached hydrogens (tertiary/aromatic N) is 2. The van der Waals surface area contributed by atoms with Crippen molar-refractivity contribution in [1.82, 2.24) is 0 Å². The summed E-state index contributed by atoms with van der Waals surface area (Å²) in [5.74, 6) is -5.61. The molecule has 29 heavy (non-hydrogen) atoms. The van der Waals surface area contributed by atoms with Crippen molar-refractivity contribution < 1.29 is 137 Å². The average molecular weight is 453 g/mol. The summed E-state index contributed by atoms with van der Waals surface area (Å²) in [6.45, 7) is 0.186. The third kappa shape index (κ3) is 8.24. The van der Waals surface area contributed by atoms with Crippen molar-refractivity contribution in [2.24, 2.45) is 16.1 Å². The van der Waals surface area contributed by atoms with Crippen LogP contribution in [0, 0.1) is 5.92 Å². The molecule has 144 valence electrons. The van der Waals surface area contributed by atoms with E-state index in [0.717, 1.165) is 0 Å². The van der Waals surface area contributed by atoms with E-state index in [1.54, 1.807) is 24.3 Å². The SMILES string of the molecule is CN=NC1=C(O)C(C(=O)[O-])C(c2ccc(OCCCC(=O)[O-])cc2)CC1=O.[K+].[K+]. The molecular weight excluding hydrogens is 434 g/mol. The van der Waals surface area contributed by atoms with Crippen molar-refractivity contribution in [2.75, 3.05) is 13.7 Å². The molecule has 0 fully saturated rings. The van der Waals surface area contributed by atoms with Gasteiger partial charge in [0.2, 0.25) is 0 Å². The Labute approximate surface area is 252 Å². The molecule has 0 bridgehead atoms. The van der Waals surface area contributed by atoms with Crippen molar-refractivity contribution in [2.45, 2.75) is 25.2 Å². The van der Waals surface area contributed by atoms with E-state index in [1.807, 2.05) is 0 Å². The molecule has 1 aliphatic carbocycles. The minimum absolute atomic E-state index is 0. The second-order valence-corrected chi connectivity index (χ2v) is 5.96. The molecule has 0 spiro atoms. The molecule has 1 N–H and O–H groups in total. The van der Waals surface area contributed by atoms with E-state index in [9.17, 15) is 29.7 Å². The standard InChI is InChI=1S/C18H20N2O7.2K/c1-19-20-16-13(21)9-12(15(17(16)24)18(25)26)10-4-6-11(7-5-10)27-8-2-3-14(22)23;;/h4-7,12,15,24H,2-3,8-9H2,1H3,(H,22,23)(H,25,26);;/q;2*+1/p-2. The number of azo groups is 1. The Kier molecular flexibility index (Phi) is 14.2. The van der Waals surface area contributed by atoms with Gasteiger partial charge in [-0.1, -0.05) is 12.1 Å². The van der Waals surface area contributed by atoms with Gasteiger partial charge in [-0.25, -0.2) is 0 Å². The number of rotatable bonds is 8. The summed E-state index contributed by atoms with van der Waals surface area (Å²) >= 11 is 0. The molecule has 9 nitrogen and oxygen atoms in total. The predicted octanol–water partition coefficient (Wildman–Crippen LogP) is -6.12. The van der Waals surface area contributed by atoms with Crippen molar-refractivity contribution in [3.8, 4) is 5.75 Å². The van der Waals surface area contributed by atoms with E-state index in [1.165, 1.54) is 7.05 Å². The normalized spacial score (nSPS) is 18.7. The zero-order valence-corrected chi connectivity index (χ0v) is 22.8. The van der Waals surface area contributed by atoms with E-state index in [2.05, 4.69) is 10.2 Å². The minimum Gasteiger partial charge on any atom is -0.550 e. The van der Waals surface area contributed by atoms with Gasteiger partial charge in [0.05, 0.1) is 18.5 Å². The van der Waals surface area contributed by atoms with Gasteiger partial charge >= 0.3 is 103 Å². The number of hydrogen-bond acceptors (Lipinski definition) is 9. The van der Waals surface area contributed by atoms with Crippen LogP contribution in [0.5, 0.6) is 5.75 Å². The van der Waals surface area contributed by atoms with Crippen LogP contribution in [0.3, 0.4) is 0 Å². The molecule has 11 heteroatoms. The van der Waals surface area contributed by atoms with Gasteiger partial charge in [0.25, 0.3) is 0 Å². The van der Waals surface area contributed by atoms with Crippen LogP contribution in [-0.2, 0) is 14.4 Å². The quantitative estimate of drug-likeness (QED) is 0.234. The molecule has 2 atom stereocenters. The van der Waals surface area contributed by atoms with Crippen LogP contribution in [0.15, 0.2) is 46.0 Å². The van der Waals surface area contributed by atoms with E-state index in [4.69, 9.17) is 4.74 Å². The van der Waals surface area contributed by atoms with Crippen LogP contribution < -0.4 is 118 Å². The largest absolute Gasteiger partial charge is 1.00 e. The minimum atomic E-state index is -1.52. The molecule has 0 radical (unpaired) electrons. The first-order valence-corrected chi connectivity index (χ1v) is 8.24. The van der Waals surface area contributed by atoms with Crippen LogP contribution >= 0.6 is 0 Å². The van der Waals surface area contributed by atoms with Gasteiger partial charge in [0.15, 0.2) is 11.5 Å². The molecule has 1 aromatic carbocycles. The predicted molar refractivity (Wildman–Crippen MR) is 87.5 cm³/mol. The van der Waals surface area contributed by atoms with Gasteiger partial charge in [0.1, 0.15) is 11.5 Å². The number of ketones is 1. The molecule has 2 unspecified atom stereocenters. The van der Waals surface area contributed by atoms with E-state index >= 15 is 0 Å². The molecule has 2 rings (SSSR count). The number of benzene rings is 1. The van der Waals surface area contributed by atoms with Gasteiger partial charge in [-0.2, -0.15) is 5.11 Å². The van der Waals surface area contributed by atoms with E-state index in [-0.39, 0.29) is 128 Å². The zero-order chi connectivity index (χ0) is 20.0. The maximum Gasteiger partial charge on any atom is 1.00 e. The van der Waals surface area contributed by atoms with Gasteiger partial charge in [-0.3, -0.25) is 4.79 Å². The fraction of sp³-hybridized carbons (Fsp3) is 0.389. The first-order valence-electron chi connectivity index (χ1n) is 8.24. The number of aliphatic hydroxyl groups excluding tert-OH is 1. The summed E-state index contributed by atoms with van der Waals surface area (Å²) in [6.07, 6.45) is 0.0167. The van der Waals surface area contributed by atoms with Crippen LogP contribution in [0.2, 0.25) is 0 Å². The average Bonchev–Trinajstić information content (AvgIpc) is 2.61. The first-order chi connectivity index (χ1) is 12.8. The summed E-state index contributed by atoms with van der Waals surface area (Å²) in [5, 5.41) is 39.0. The fourth-order valence-corrected chi connectivity index (χ4v) is 2.91. The molecule has 0 saturated heterocycles. The fourth-order valence-electron chi connectivity index (χ4n) is 2.91. The third-order valence-electron chi connectivity index (χ3n) is 4.17. The third-order valence-corrected chi connectivity index (χ3v) is 4.17. The van der Waals surface area contributed by atoms with Crippen molar-refractivity contribution in [1.29, 1.82) is 0 Å².